The summed E-state index contributed by atoms with van der Waals surface area (Å²) in [5.74, 6) is -1.25. The number of amidine groups is 1. The number of benzene rings is 3. The Hall–Kier alpha value is -4.20. The van der Waals surface area contributed by atoms with Crippen molar-refractivity contribution >= 4 is 34.4 Å². The Morgan fingerprint density at radius 2 is 1.61 bits per heavy atom. The molecule has 0 saturated carbocycles. The van der Waals surface area contributed by atoms with Gasteiger partial charge in [0.15, 0.2) is 0 Å². The van der Waals surface area contributed by atoms with Crippen LogP contribution in [0.2, 0.25) is 0 Å². The molecule has 1 aliphatic rings. The summed E-state index contributed by atoms with van der Waals surface area (Å²) in [4.78, 5) is 40.2. The lowest BCUT2D eigenvalue weighted by Gasteiger charge is -2.40. The van der Waals surface area contributed by atoms with E-state index in [1.165, 1.54) is 0 Å². The van der Waals surface area contributed by atoms with Gasteiger partial charge in [0, 0.05) is 30.6 Å². The fourth-order valence-corrected chi connectivity index (χ4v) is 5.20. The van der Waals surface area contributed by atoms with Crippen molar-refractivity contribution in [2.24, 2.45) is 17.1 Å². The molecule has 5 N–H and O–H groups in total. The standard InChI is InChI=1S/C30H34N4O4/c1-30(2,29(38)34-15-13-19(14-16-34)17-25(35)36)26(24-12-7-20-5-3-4-6-23(20)18-24)33-28(37)22-10-8-21(9-11-22)27(31)32/h3-12,18-19,26H,13-17H2,1-2H3,(H3,31,32)(H,33,37)(H,35,36). The van der Waals surface area contributed by atoms with Gasteiger partial charge in [0.05, 0.1) is 11.5 Å². The van der Waals surface area contributed by atoms with E-state index in [0.717, 1.165) is 16.3 Å². The van der Waals surface area contributed by atoms with Crippen LogP contribution in [0.5, 0.6) is 0 Å². The number of nitrogens with two attached hydrogens (primary N) is 1. The van der Waals surface area contributed by atoms with Crippen molar-refractivity contribution in [1.82, 2.24) is 10.2 Å². The van der Waals surface area contributed by atoms with E-state index in [9.17, 15) is 14.4 Å². The summed E-state index contributed by atoms with van der Waals surface area (Å²) in [7, 11) is 0. The number of nitrogens with zero attached hydrogens (tertiary/aromatic N) is 1. The number of fused-ring (bicyclic) bond motifs is 1. The van der Waals surface area contributed by atoms with Crippen molar-refractivity contribution in [2.75, 3.05) is 13.1 Å². The number of nitrogen functional groups attached to an aromatic ring is 1. The fourth-order valence-electron chi connectivity index (χ4n) is 5.20. The molecular formula is C30H34N4O4. The van der Waals surface area contributed by atoms with Gasteiger partial charge in [-0.1, -0.05) is 48.5 Å². The van der Waals surface area contributed by atoms with E-state index < -0.39 is 17.4 Å². The molecule has 3 aromatic carbocycles. The number of hydrogen-bond donors (Lipinski definition) is 4. The van der Waals surface area contributed by atoms with Crippen LogP contribution in [0.4, 0.5) is 0 Å². The number of carbonyl (C=O) groups excluding carboxylic acids is 2. The van der Waals surface area contributed by atoms with Gasteiger partial charge >= 0.3 is 5.97 Å². The van der Waals surface area contributed by atoms with Gasteiger partial charge in [-0.05, 0) is 67.1 Å². The van der Waals surface area contributed by atoms with Gasteiger partial charge < -0.3 is 21.1 Å². The number of piperidine rings is 1. The minimum absolute atomic E-state index is 0.0635. The van der Waals surface area contributed by atoms with E-state index in [-0.39, 0.29) is 30.0 Å². The van der Waals surface area contributed by atoms with Crippen LogP contribution < -0.4 is 11.1 Å². The lowest BCUT2D eigenvalue weighted by Crippen LogP contribution is -2.51. The summed E-state index contributed by atoms with van der Waals surface area (Å²) in [6.07, 6.45) is 1.40. The molecule has 0 bridgehead atoms. The van der Waals surface area contributed by atoms with E-state index >= 15 is 0 Å². The number of nitrogens with one attached hydrogen (secondary N) is 2. The van der Waals surface area contributed by atoms with E-state index in [1.807, 2.05) is 56.3 Å². The minimum atomic E-state index is -0.989. The minimum Gasteiger partial charge on any atom is -0.481 e. The maximum absolute atomic E-state index is 13.9. The monoisotopic (exact) mass is 514 g/mol. The molecule has 0 aromatic heterocycles. The SMILES string of the molecule is CC(C)(C(=O)N1CCC(CC(=O)O)CC1)C(NC(=O)c1ccc(C(=N)N)cc1)c1ccc2ccccc2c1. The summed E-state index contributed by atoms with van der Waals surface area (Å²) in [5, 5.41) is 21.9. The summed E-state index contributed by atoms with van der Waals surface area (Å²) in [6.45, 7) is 4.67. The quantitative estimate of drug-likeness (QED) is 0.262. The van der Waals surface area contributed by atoms with Crippen LogP contribution in [-0.4, -0.2) is 46.7 Å². The zero-order chi connectivity index (χ0) is 27.4. The second-order valence-corrected chi connectivity index (χ2v) is 10.6. The molecule has 1 atom stereocenters. The van der Waals surface area contributed by atoms with Gasteiger partial charge in [0.25, 0.3) is 5.91 Å². The molecule has 8 heteroatoms. The highest BCUT2D eigenvalue weighted by atomic mass is 16.4. The van der Waals surface area contributed by atoms with Crippen LogP contribution in [0, 0.1) is 16.7 Å². The molecule has 8 nitrogen and oxygen atoms in total. The number of carboxylic acid groups (broad SMARTS) is 1. The number of amides is 2. The molecule has 3 aromatic rings. The lowest BCUT2D eigenvalue weighted by molar-refractivity contribution is -0.144. The van der Waals surface area contributed by atoms with E-state index in [2.05, 4.69) is 5.32 Å². The van der Waals surface area contributed by atoms with Gasteiger partial charge in [-0.25, -0.2) is 0 Å². The second kappa shape index (κ2) is 11.0. The van der Waals surface area contributed by atoms with Gasteiger partial charge in [-0.3, -0.25) is 19.8 Å². The van der Waals surface area contributed by atoms with Crippen molar-refractivity contribution in [3.63, 3.8) is 0 Å². The van der Waals surface area contributed by atoms with Crippen LogP contribution in [0.25, 0.3) is 10.8 Å². The first-order valence-corrected chi connectivity index (χ1v) is 12.8. The molecule has 2 amide bonds. The number of carboxylic acids is 1. The second-order valence-electron chi connectivity index (χ2n) is 10.6. The number of rotatable bonds is 8. The van der Waals surface area contributed by atoms with Crippen LogP contribution in [0.3, 0.4) is 0 Å². The van der Waals surface area contributed by atoms with Crippen molar-refractivity contribution < 1.29 is 19.5 Å². The zero-order valence-corrected chi connectivity index (χ0v) is 21.7. The van der Waals surface area contributed by atoms with Gasteiger partial charge in [-0.15, -0.1) is 0 Å². The Labute approximate surface area is 222 Å². The van der Waals surface area contributed by atoms with Crippen molar-refractivity contribution in [2.45, 2.75) is 39.2 Å². The molecule has 4 rings (SSSR count). The topological polar surface area (TPSA) is 137 Å². The molecule has 1 heterocycles. The first-order valence-electron chi connectivity index (χ1n) is 12.8. The molecular weight excluding hydrogens is 480 g/mol. The Morgan fingerprint density at radius 1 is 1.00 bits per heavy atom. The van der Waals surface area contributed by atoms with Gasteiger partial charge in [-0.2, -0.15) is 0 Å². The molecule has 1 saturated heterocycles. The first kappa shape index (κ1) is 26.9. The summed E-state index contributed by atoms with van der Waals surface area (Å²) < 4.78 is 0. The predicted molar refractivity (Wildman–Crippen MR) is 147 cm³/mol. The molecule has 0 radical (unpaired) electrons. The Kier molecular flexibility index (Phi) is 7.80. The molecule has 1 unspecified atom stereocenters. The van der Waals surface area contributed by atoms with Crippen LogP contribution in [0.15, 0.2) is 66.7 Å². The third kappa shape index (κ3) is 5.85. The molecule has 198 valence electrons. The average molecular weight is 515 g/mol. The van der Waals surface area contributed by atoms with Gasteiger partial charge in [0.2, 0.25) is 5.91 Å². The fraction of sp³-hybridized carbons (Fsp3) is 0.333. The number of hydrogen-bond acceptors (Lipinski definition) is 4. The van der Waals surface area contributed by atoms with Crippen LogP contribution in [-0.2, 0) is 9.59 Å². The number of aliphatic carboxylic acids is 1. The van der Waals surface area contributed by atoms with Crippen molar-refractivity contribution in [3.8, 4) is 0 Å². The number of carbonyl (C=O) groups is 3. The zero-order valence-electron chi connectivity index (χ0n) is 21.7. The van der Waals surface area contributed by atoms with Crippen molar-refractivity contribution in [3.05, 3.63) is 83.4 Å². The van der Waals surface area contributed by atoms with E-state index in [1.54, 1.807) is 29.2 Å². The molecule has 1 aliphatic heterocycles. The van der Waals surface area contributed by atoms with E-state index in [0.29, 0.717) is 37.1 Å². The third-order valence-corrected chi connectivity index (χ3v) is 7.48. The maximum Gasteiger partial charge on any atom is 0.303 e. The lowest BCUT2D eigenvalue weighted by atomic mass is 9.77. The summed E-state index contributed by atoms with van der Waals surface area (Å²) in [5.41, 5.74) is 6.30. The van der Waals surface area contributed by atoms with Crippen LogP contribution >= 0.6 is 0 Å². The molecule has 0 aliphatic carbocycles. The molecule has 38 heavy (non-hydrogen) atoms. The Balaban J connectivity index is 1.63. The average Bonchev–Trinajstić information content (AvgIpc) is 2.91. The Morgan fingerprint density at radius 3 is 2.21 bits per heavy atom. The normalized spacial score (nSPS) is 15.2. The summed E-state index contributed by atoms with van der Waals surface area (Å²) in [6, 6.07) is 19.7. The smallest absolute Gasteiger partial charge is 0.303 e. The highest BCUT2D eigenvalue weighted by Crippen LogP contribution is 2.38. The third-order valence-electron chi connectivity index (χ3n) is 7.48. The highest BCUT2D eigenvalue weighted by Gasteiger charge is 2.42. The summed E-state index contributed by atoms with van der Waals surface area (Å²) >= 11 is 0. The van der Waals surface area contributed by atoms with Crippen molar-refractivity contribution in [1.29, 1.82) is 5.41 Å². The molecule has 0 spiro atoms. The van der Waals surface area contributed by atoms with Gasteiger partial charge in [0.1, 0.15) is 5.84 Å². The first-order chi connectivity index (χ1) is 18.1. The van der Waals surface area contributed by atoms with Crippen LogP contribution in [0.1, 0.15) is 60.6 Å². The highest BCUT2D eigenvalue weighted by molar-refractivity contribution is 5.98. The van der Waals surface area contributed by atoms with E-state index in [4.69, 9.17) is 16.2 Å². The molecule has 1 fully saturated rings. The Bertz CT molecular complexity index is 1360. The predicted octanol–water partition coefficient (Wildman–Crippen LogP) is 4.33. The maximum atomic E-state index is 13.9. The number of likely N-dealkylation sites (tertiary alicyclic amines) is 1. The largest absolute Gasteiger partial charge is 0.481 e.